The summed E-state index contributed by atoms with van der Waals surface area (Å²) in [4.78, 5) is 58.1. The fourth-order valence-corrected chi connectivity index (χ4v) is 5.48. The van der Waals surface area contributed by atoms with Gasteiger partial charge in [0.25, 0.3) is 5.91 Å². The van der Waals surface area contributed by atoms with Gasteiger partial charge in [0.2, 0.25) is 0 Å². The number of esters is 2. The number of aromatic nitrogens is 1. The third-order valence-electron chi connectivity index (χ3n) is 6.48. The summed E-state index contributed by atoms with van der Waals surface area (Å²) in [5, 5.41) is 1.99. The Kier molecular flexibility index (Phi) is 10.3. The molecule has 1 aromatic heterocycles. The fraction of sp³-hybridized carbons (Fsp3) is 0.552. The van der Waals surface area contributed by atoms with Gasteiger partial charge < -0.3 is 24.0 Å². The fourth-order valence-electron chi connectivity index (χ4n) is 4.65. The summed E-state index contributed by atoms with van der Waals surface area (Å²) in [7, 11) is 1.27. The van der Waals surface area contributed by atoms with E-state index in [1.807, 2.05) is 38.1 Å². The van der Waals surface area contributed by atoms with Crippen molar-refractivity contribution >= 4 is 35.3 Å². The van der Waals surface area contributed by atoms with Crippen LogP contribution in [0, 0.1) is 5.92 Å². The molecule has 0 saturated heterocycles. The molecule has 2 heterocycles. The van der Waals surface area contributed by atoms with Crippen molar-refractivity contribution in [2.45, 2.75) is 78.7 Å². The highest BCUT2D eigenvalue weighted by atomic mass is 32.1. The molecule has 0 radical (unpaired) electrons. The summed E-state index contributed by atoms with van der Waals surface area (Å²) in [5.74, 6) is -1.14. The van der Waals surface area contributed by atoms with Crippen molar-refractivity contribution in [2.75, 3.05) is 20.2 Å². The minimum atomic E-state index is -0.784. The number of amides is 2. The van der Waals surface area contributed by atoms with Crippen molar-refractivity contribution in [3.63, 3.8) is 0 Å². The van der Waals surface area contributed by atoms with Gasteiger partial charge in [0.05, 0.1) is 7.11 Å². The number of hydrogen-bond acceptors (Lipinski definition) is 9. The van der Waals surface area contributed by atoms with Gasteiger partial charge in [0.15, 0.2) is 11.8 Å². The van der Waals surface area contributed by atoms with Crippen LogP contribution in [0.5, 0.6) is 0 Å². The Balaban J connectivity index is 1.82. The average Bonchev–Trinajstić information content (AvgIpc) is 3.48. The molecule has 0 N–H and O–H groups in total. The Labute approximate surface area is 239 Å². The molecule has 2 atom stereocenters. The predicted molar refractivity (Wildman–Crippen MR) is 150 cm³/mol. The normalized spacial score (nSPS) is 14.5. The molecule has 0 fully saturated rings. The number of carbonyl (C=O) groups is 4. The number of ether oxygens (including phenoxy) is 3. The largest absolute Gasteiger partial charge is 0.464 e. The monoisotopic (exact) mass is 573 g/mol. The van der Waals surface area contributed by atoms with E-state index in [0.717, 1.165) is 5.56 Å². The molecule has 0 spiro atoms. The van der Waals surface area contributed by atoms with E-state index >= 15 is 0 Å². The SMILES string of the molecule is COC(=O)c1csc([C@@H](C[C@H](C(C)C)N(CCCN2Cc3ccccc3C2=O)C(=O)OC(C)(C)C)OC(C)=O)n1. The van der Waals surface area contributed by atoms with E-state index in [9.17, 15) is 19.2 Å². The highest BCUT2D eigenvalue weighted by Gasteiger charge is 2.35. The van der Waals surface area contributed by atoms with Gasteiger partial charge in [0, 0.05) is 50.0 Å². The predicted octanol–water partition coefficient (Wildman–Crippen LogP) is 5.23. The van der Waals surface area contributed by atoms with E-state index in [4.69, 9.17) is 14.2 Å². The Morgan fingerprint density at radius 1 is 1.18 bits per heavy atom. The summed E-state index contributed by atoms with van der Waals surface area (Å²) >= 11 is 1.19. The first kappa shape index (κ1) is 31.1. The molecule has 1 aliphatic rings. The summed E-state index contributed by atoms with van der Waals surface area (Å²) in [5.41, 5.74) is 1.12. The molecule has 2 amide bonds. The molecule has 0 bridgehead atoms. The van der Waals surface area contributed by atoms with E-state index in [0.29, 0.717) is 36.6 Å². The first-order chi connectivity index (χ1) is 18.8. The van der Waals surface area contributed by atoms with Gasteiger partial charge in [-0.2, -0.15) is 0 Å². The first-order valence-corrected chi connectivity index (χ1v) is 14.3. The second-order valence-electron chi connectivity index (χ2n) is 11.1. The number of hydrogen-bond donors (Lipinski definition) is 0. The molecule has 1 aliphatic heterocycles. The first-order valence-electron chi connectivity index (χ1n) is 13.4. The standard InChI is InChI=1S/C29H39N3O7S/c1-18(2)23(15-24(38-19(3)33)25-30-22(17-40-25)27(35)37-7)32(28(36)39-29(4,5)6)14-10-13-31-16-20-11-8-9-12-21(20)26(31)34/h8-9,11-12,17-18,23-24H,10,13-16H2,1-7H3/t23-,24-/m1/s1. The summed E-state index contributed by atoms with van der Waals surface area (Å²) in [6, 6.07) is 7.17. The van der Waals surface area contributed by atoms with Crippen LogP contribution in [0.2, 0.25) is 0 Å². The van der Waals surface area contributed by atoms with Gasteiger partial charge in [-0.25, -0.2) is 14.6 Å². The van der Waals surface area contributed by atoms with E-state index in [1.165, 1.54) is 25.4 Å². The van der Waals surface area contributed by atoms with Crippen molar-refractivity contribution in [3.8, 4) is 0 Å². The number of methoxy groups -OCH3 is 1. The van der Waals surface area contributed by atoms with Gasteiger partial charge >= 0.3 is 18.0 Å². The van der Waals surface area contributed by atoms with Crippen molar-refractivity contribution in [3.05, 3.63) is 51.5 Å². The van der Waals surface area contributed by atoms with Crippen LogP contribution < -0.4 is 0 Å². The maximum Gasteiger partial charge on any atom is 0.410 e. The molecule has 11 heteroatoms. The topological polar surface area (TPSA) is 115 Å². The smallest absolute Gasteiger partial charge is 0.410 e. The number of thiazole rings is 1. The van der Waals surface area contributed by atoms with Crippen LogP contribution >= 0.6 is 11.3 Å². The minimum absolute atomic E-state index is 0.0140. The van der Waals surface area contributed by atoms with E-state index in [1.54, 1.807) is 36.0 Å². The molecule has 218 valence electrons. The maximum absolute atomic E-state index is 13.5. The van der Waals surface area contributed by atoms with Gasteiger partial charge in [-0.3, -0.25) is 9.59 Å². The van der Waals surface area contributed by atoms with Crippen LogP contribution in [0.15, 0.2) is 29.6 Å². The van der Waals surface area contributed by atoms with Gasteiger partial charge in [-0.1, -0.05) is 32.0 Å². The Hall–Kier alpha value is -3.47. The van der Waals surface area contributed by atoms with Gasteiger partial charge in [-0.15, -0.1) is 11.3 Å². The van der Waals surface area contributed by atoms with Gasteiger partial charge in [0.1, 0.15) is 10.6 Å². The van der Waals surface area contributed by atoms with Gasteiger partial charge in [-0.05, 0) is 44.7 Å². The lowest BCUT2D eigenvalue weighted by atomic mass is 9.96. The number of nitrogens with zero attached hydrogens (tertiary/aromatic N) is 3. The zero-order valence-electron chi connectivity index (χ0n) is 24.3. The Bertz CT molecular complexity index is 1220. The third-order valence-corrected chi connectivity index (χ3v) is 7.41. The summed E-state index contributed by atoms with van der Waals surface area (Å²) in [6.45, 7) is 12.0. The van der Waals surface area contributed by atoms with Crippen molar-refractivity contribution in [1.29, 1.82) is 0 Å². The molecular weight excluding hydrogens is 534 g/mol. The minimum Gasteiger partial charge on any atom is -0.464 e. The lowest BCUT2D eigenvalue weighted by molar-refractivity contribution is -0.148. The highest BCUT2D eigenvalue weighted by Crippen LogP contribution is 2.32. The zero-order chi connectivity index (χ0) is 29.6. The zero-order valence-corrected chi connectivity index (χ0v) is 25.1. The summed E-state index contributed by atoms with van der Waals surface area (Å²) in [6.07, 6.45) is -0.492. The molecule has 0 aliphatic carbocycles. The Morgan fingerprint density at radius 2 is 1.88 bits per heavy atom. The molecule has 40 heavy (non-hydrogen) atoms. The lowest BCUT2D eigenvalue weighted by Crippen LogP contribution is -2.47. The van der Waals surface area contributed by atoms with Crippen molar-refractivity contribution in [1.82, 2.24) is 14.8 Å². The van der Waals surface area contributed by atoms with E-state index in [2.05, 4.69) is 4.98 Å². The lowest BCUT2D eigenvalue weighted by Gasteiger charge is -2.37. The number of rotatable bonds is 11. The molecule has 10 nitrogen and oxygen atoms in total. The van der Waals surface area contributed by atoms with Crippen molar-refractivity contribution in [2.24, 2.45) is 5.92 Å². The molecule has 3 rings (SSSR count). The second kappa shape index (κ2) is 13.3. The van der Waals surface area contributed by atoms with Crippen molar-refractivity contribution < 1.29 is 33.4 Å². The summed E-state index contributed by atoms with van der Waals surface area (Å²) < 4.78 is 16.2. The van der Waals surface area contributed by atoms with Crippen LogP contribution in [-0.4, -0.2) is 70.6 Å². The third kappa shape index (κ3) is 8.03. The quantitative estimate of drug-likeness (QED) is 0.265. The average molecular weight is 574 g/mol. The molecule has 0 saturated carbocycles. The number of fused-ring (bicyclic) bond motifs is 1. The van der Waals surface area contributed by atoms with Crippen LogP contribution in [0.4, 0.5) is 4.79 Å². The van der Waals surface area contributed by atoms with Crippen LogP contribution in [-0.2, 0) is 25.5 Å². The Morgan fingerprint density at radius 3 is 2.48 bits per heavy atom. The molecular formula is C29H39N3O7S. The molecule has 1 aromatic carbocycles. The number of carbonyl (C=O) groups excluding carboxylic acids is 4. The maximum atomic E-state index is 13.5. The second-order valence-corrected chi connectivity index (χ2v) is 12.0. The van der Waals surface area contributed by atoms with E-state index in [-0.39, 0.29) is 23.9 Å². The van der Waals surface area contributed by atoms with E-state index < -0.39 is 35.8 Å². The number of benzene rings is 1. The molecule has 0 unspecified atom stereocenters. The highest BCUT2D eigenvalue weighted by molar-refractivity contribution is 7.09. The van der Waals surface area contributed by atoms with Crippen LogP contribution in [0.1, 0.15) is 91.9 Å². The molecule has 2 aromatic rings. The van der Waals surface area contributed by atoms with Crippen LogP contribution in [0.3, 0.4) is 0 Å². The van der Waals surface area contributed by atoms with Crippen LogP contribution in [0.25, 0.3) is 0 Å².